The summed E-state index contributed by atoms with van der Waals surface area (Å²) in [4.78, 5) is 14.3. The van der Waals surface area contributed by atoms with Crippen molar-refractivity contribution in [2.45, 2.75) is 13.0 Å². The molecule has 0 bridgehead atoms. The van der Waals surface area contributed by atoms with Crippen LogP contribution >= 0.6 is 15.9 Å². The number of phenolic OH excluding ortho intramolecular Hbond substituents is 1. The predicted molar refractivity (Wildman–Crippen MR) is 85.1 cm³/mol. The van der Waals surface area contributed by atoms with Gasteiger partial charge in [0.2, 0.25) is 0 Å². The standard InChI is InChI=1S/C16H15BrN2O2/c17-11-4-5-13(15(20)8-11)16(21)19-7-6-12-10(9-19)2-1-3-14(12)18/h1-5,8,20H,6-7,9,18H2. The average Bonchev–Trinajstić information content (AvgIpc) is 2.46. The number of halogens is 1. The summed E-state index contributed by atoms with van der Waals surface area (Å²) in [6.45, 7) is 1.13. The zero-order valence-corrected chi connectivity index (χ0v) is 12.9. The quantitative estimate of drug-likeness (QED) is 0.780. The number of phenols is 1. The van der Waals surface area contributed by atoms with Gasteiger partial charge in [0, 0.05) is 23.2 Å². The Hall–Kier alpha value is -2.01. The third kappa shape index (κ3) is 2.61. The van der Waals surface area contributed by atoms with E-state index in [9.17, 15) is 9.90 Å². The molecule has 0 spiro atoms. The summed E-state index contributed by atoms with van der Waals surface area (Å²) in [6.07, 6.45) is 0.741. The molecular formula is C16H15BrN2O2. The molecule has 2 aromatic carbocycles. The van der Waals surface area contributed by atoms with Crippen LogP contribution in [0.5, 0.6) is 5.75 Å². The van der Waals surface area contributed by atoms with Crippen LogP contribution in [0.25, 0.3) is 0 Å². The molecule has 108 valence electrons. The molecule has 0 aliphatic carbocycles. The van der Waals surface area contributed by atoms with E-state index in [1.54, 1.807) is 17.0 Å². The van der Waals surface area contributed by atoms with E-state index in [1.165, 1.54) is 6.07 Å². The highest BCUT2D eigenvalue weighted by Gasteiger charge is 2.24. The lowest BCUT2D eigenvalue weighted by Crippen LogP contribution is -2.36. The first-order chi connectivity index (χ1) is 10.1. The maximum absolute atomic E-state index is 12.5. The summed E-state index contributed by atoms with van der Waals surface area (Å²) in [6, 6.07) is 10.7. The Morgan fingerprint density at radius 2 is 2.10 bits per heavy atom. The van der Waals surface area contributed by atoms with E-state index in [4.69, 9.17) is 5.73 Å². The number of amides is 1. The second-order valence-corrected chi connectivity index (χ2v) is 6.04. The van der Waals surface area contributed by atoms with Crippen LogP contribution in [0.15, 0.2) is 40.9 Å². The van der Waals surface area contributed by atoms with Crippen LogP contribution in [0.1, 0.15) is 21.5 Å². The number of fused-ring (bicyclic) bond motifs is 1. The van der Waals surface area contributed by atoms with Gasteiger partial charge in [-0.05, 0) is 41.8 Å². The van der Waals surface area contributed by atoms with Crippen LogP contribution in [0.3, 0.4) is 0 Å². The number of nitrogens with zero attached hydrogens (tertiary/aromatic N) is 1. The Labute approximate surface area is 131 Å². The maximum Gasteiger partial charge on any atom is 0.257 e. The average molecular weight is 347 g/mol. The number of anilines is 1. The molecule has 2 aromatic rings. The van der Waals surface area contributed by atoms with Gasteiger partial charge in [-0.2, -0.15) is 0 Å². The van der Waals surface area contributed by atoms with Crippen molar-refractivity contribution in [2.75, 3.05) is 12.3 Å². The van der Waals surface area contributed by atoms with Crippen molar-refractivity contribution in [3.63, 3.8) is 0 Å². The zero-order chi connectivity index (χ0) is 15.0. The maximum atomic E-state index is 12.5. The van der Waals surface area contributed by atoms with Gasteiger partial charge < -0.3 is 15.7 Å². The number of carbonyl (C=O) groups excluding carboxylic acids is 1. The fourth-order valence-electron chi connectivity index (χ4n) is 2.67. The van der Waals surface area contributed by atoms with Gasteiger partial charge in [-0.1, -0.05) is 28.1 Å². The SMILES string of the molecule is Nc1cccc2c1CCN(C(=O)c1ccc(Br)cc1O)C2. The molecule has 0 unspecified atom stereocenters. The van der Waals surface area contributed by atoms with Crippen molar-refractivity contribution in [2.24, 2.45) is 0 Å². The lowest BCUT2D eigenvalue weighted by atomic mass is 9.97. The number of carbonyl (C=O) groups is 1. The van der Waals surface area contributed by atoms with E-state index >= 15 is 0 Å². The van der Waals surface area contributed by atoms with Crippen LogP contribution in [0, 0.1) is 0 Å². The lowest BCUT2D eigenvalue weighted by Gasteiger charge is -2.29. The zero-order valence-electron chi connectivity index (χ0n) is 11.3. The van der Waals surface area contributed by atoms with Gasteiger partial charge in [-0.15, -0.1) is 0 Å². The third-order valence-corrected chi connectivity index (χ3v) is 4.27. The van der Waals surface area contributed by atoms with Crippen molar-refractivity contribution in [1.29, 1.82) is 0 Å². The Bertz CT molecular complexity index is 715. The molecule has 0 radical (unpaired) electrons. The number of nitrogen functional groups attached to an aromatic ring is 1. The van der Waals surface area contributed by atoms with Crippen LogP contribution in [-0.4, -0.2) is 22.5 Å². The molecular weight excluding hydrogens is 332 g/mol. The van der Waals surface area contributed by atoms with Gasteiger partial charge in [0.25, 0.3) is 5.91 Å². The number of benzene rings is 2. The Kier molecular flexibility index (Phi) is 3.59. The molecule has 0 atom stereocenters. The summed E-state index contributed by atoms with van der Waals surface area (Å²) in [5.74, 6) is -0.166. The van der Waals surface area contributed by atoms with Crippen molar-refractivity contribution >= 4 is 27.5 Å². The second kappa shape index (κ2) is 5.41. The minimum atomic E-state index is -0.159. The van der Waals surface area contributed by atoms with Gasteiger partial charge in [0.15, 0.2) is 0 Å². The van der Waals surface area contributed by atoms with E-state index in [0.717, 1.165) is 27.7 Å². The van der Waals surface area contributed by atoms with Crippen molar-refractivity contribution in [1.82, 2.24) is 4.90 Å². The van der Waals surface area contributed by atoms with Crippen molar-refractivity contribution in [3.05, 3.63) is 57.6 Å². The molecule has 21 heavy (non-hydrogen) atoms. The summed E-state index contributed by atoms with van der Waals surface area (Å²) in [5.41, 5.74) is 9.28. The molecule has 0 aromatic heterocycles. The first-order valence-corrected chi connectivity index (χ1v) is 7.49. The molecule has 3 rings (SSSR count). The summed E-state index contributed by atoms with van der Waals surface area (Å²) in [7, 11) is 0. The van der Waals surface area contributed by atoms with E-state index in [1.807, 2.05) is 18.2 Å². The van der Waals surface area contributed by atoms with Gasteiger partial charge in [-0.25, -0.2) is 0 Å². The van der Waals surface area contributed by atoms with E-state index in [-0.39, 0.29) is 11.7 Å². The molecule has 3 N–H and O–H groups in total. The van der Waals surface area contributed by atoms with Crippen molar-refractivity contribution in [3.8, 4) is 5.75 Å². The minimum absolute atomic E-state index is 0.00672. The molecule has 1 amide bonds. The Balaban J connectivity index is 1.87. The topological polar surface area (TPSA) is 66.6 Å². The number of aromatic hydroxyl groups is 1. The van der Waals surface area contributed by atoms with Gasteiger partial charge in [0.1, 0.15) is 5.75 Å². The highest BCUT2D eigenvalue weighted by molar-refractivity contribution is 9.10. The summed E-state index contributed by atoms with van der Waals surface area (Å²) < 4.78 is 0.744. The van der Waals surface area contributed by atoms with Crippen LogP contribution in [0.2, 0.25) is 0 Å². The molecule has 0 fully saturated rings. The normalized spacial score (nSPS) is 13.9. The van der Waals surface area contributed by atoms with E-state index in [2.05, 4.69) is 15.9 Å². The van der Waals surface area contributed by atoms with Gasteiger partial charge >= 0.3 is 0 Å². The predicted octanol–water partition coefficient (Wildman–Crippen LogP) is 2.94. The van der Waals surface area contributed by atoms with Crippen molar-refractivity contribution < 1.29 is 9.90 Å². The third-order valence-electron chi connectivity index (χ3n) is 3.78. The number of nitrogens with two attached hydrogens (primary N) is 1. The first kappa shape index (κ1) is 13.9. The fourth-order valence-corrected chi connectivity index (χ4v) is 3.02. The fraction of sp³-hybridized carbons (Fsp3) is 0.188. The number of hydrogen-bond donors (Lipinski definition) is 2. The molecule has 5 heteroatoms. The first-order valence-electron chi connectivity index (χ1n) is 6.70. The molecule has 1 aliphatic rings. The van der Waals surface area contributed by atoms with E-state index < -0.39 is 0 Å². The van der Waals surface area contributed by atoms with Gasteiger partial charge in [-0.3, -0.25) is 4.79 Å². The largest absolute Gasteiger partial charge is 0.507 e. The highest BCUT2D eigenvalue weighted by Crippen LogP contribution is 2.28. The molecule has 4 nitrogen and oxygen atoms in total. The van der Waals surface area contributed by atoms with Crippen LogP contribution < -0.4 is 5.73 Å². The monoisotopic (exact) mass is 346 g/mol. The molecule has 0 saturated carbocycles. The van der Waals surface area contributed by atoms with E-state index in [0.29, 0.717) is 18.7 Å². The van der Waals surface area contributed by atoms with Crippen LogP contribution in [0.4, 0.5) is 5.69 Å². The number of hydrogen-bond acceptors (Lipinski definition) is 3. The Morgan fingerprint density at radius 1 is 1.29 bits per heavy atom. The smallest absolute Gasteiger partial charge is 0.257 e. The number of rotatable bonds is 1. The minimum Gasteiger partial charge on any atom is -0.507 e. The van der Waals surface area contributed by atoms with Crippen LogP contribution in [-0.2, 0) is 13.0 Å². The molecule has 1 heterocycles. The molecule has 1 aliphatic heterocycles. The lowest BCUT2D eigenvalue weighted by molar-refractivity contribution is 0.0732. The summed E-state index contributed by atoms with van der Waals surface area (Å²) in [5, 5.41) is 9.93. The second-order valence-electron chi connectivity index (χ2n) is 5.12. The van der Waals surface area contributed by atoms with Gasteiger partial charge in [0.05, 0.1) is 5.56 Å². The molecule has 0 saturated heterocycles. The Morgan fingerprint density at radius 3 is 2.86 bits per heavy atom. The summed E-state index contributed by atoms with van der Waals surface area (Å²) >= 11 is 3.27. The highest BCUT2D eigenvalue weighted by atomic mass is 79.9.